The molecule has 0 saturated carbocycles. The summed E-state index contributed by atoms with van der Waals surface area (Å²) in [5.41, 5.74) is 0. The molecule has 5 heteroatoms. The molecule has 2 aliphatic rings. The number of rotatable bonds is 5. The summed E-state index contributed by atoms with van der Waals surface area (Å²) in [4.78, 5) is 4.43. The van der Waals surface area contributed by atoms with E-state index in [1.807, 2.05) is 0 Å². The summed E-state index contributed by atoms with van der Waals surface area (Å²) in [6.45, 7) is 4.98. The van der Waals surface area contributed by atoms with Gasteiger partial charge in [0.15, 0.2) is 5.82 Å². The van der Waals surface area contributed by atoms with Gasteiger partial charge in [0.2, 0.25) is 5.89 Å². The third kappa shape index (κ3) is 2.12. The number of hydrogen-bond donors (Lipinski definition) is 1. The Balaban J connectivity index is 1.62. The van der Waals surface area contributed by atoms with E-state index in [1.165, 1.54) is 6.42 Å². The van der Waals surface area contributed by atoms with E-state index < -0.39 is 0 Å². The van der Waals surface area contributed by atoms with Gasteiger partial charge in [-0.25, -0.2) is 0 Å². The van der Waals surface area contributed by atoms with Crippen LogP contribution >= 0.6 is 0 Å². The fraction of sp³-hybridized carbons (Fsp3) is 0.667. The number of hydrogen-bond acceptors (Lipinski definition) is 5. The number of aromatic nitrogens is 2. The standard InChI is InChI=1S/C12H17N3O2/c1-2-5-13-7-11-14-12(15-17-11)9-6-8-3-4-10(9)16-8/h2,8-10,13H,1,3-7H2. The van der Waals surface area contributed by atoms with Gasteiger partial charge in [-0.2, -0.15) is 4.98 Å². The molecule has 0 spiro atoms. The lowest BCUT2D eigenvalue weighted by atomic mass is 9.89. The fourth-order valence-corrected chi connectivity index (χ4v) is 2.68. The maximum atomic E-state index is 5.80. The van der Waals surface area contributed by atoms with Gasteiger partial charge in [-0.1, -0.05) is 11.2 Å². The van der Waals surface area contributed by atoms with Crippen LogP contribution in [0.15, 0.2) is 17.2 Å². The molecule has 0 amide bonds. The molecule has 3 unspecified atom stereocenters. The molecule has 2 aliphatic heterocycles. The van der Waals surface area contributed by atoms with Crippen molar-refractivity contribution in [2.24, 2.45) is 0 Å². The highest BCUT2D eigenvalue weighted by Crippen LogP contribution is 2.43. The van der Waals surface area contributed by atoms with E-state index in [4.69, 9.17) is 9.26 Å². The first kappa shape index (κ1) is 10.9. The average molecular weight is 235 g/mol. The van der Waals surface area contributed by atoms with Crippen LogP contribution in [-0.2, 0) is 11.3 Å². The van der Waals surface area contributed by atoms with Gasteiger partial charge in [0.1, 0.15) is 0 Å². The van der Waals surface area contributed by atoms with Gasteiger partial charge in [0.05, 0.1) is 24.7 Å². The summed E-state index contributed by atoms with van der Waals surface area (Å²) >= 11 is 0. The van der Waals surface area contributed by atoms with Crippen molar-refractivity contribution in [3.8, 4) is 0 Å². The lowest BCUT2D eigenvalue weighted by Crippen LogP contribution is -2.16. The summed E-state index contributed by atoms with van der Waals surface area (Å²) in [5, 5.41) is 7.21. The van der Waals surface area contributed by atoms with Crippen molar-refractivity contribution in [1.82, 2.24) is 15.5 Å². The van der Waals surface area contributed by atoms with E-state index in [2.05, 4.69) is 22.0 Å². The van der Waals surface area contributed by atoms with Crippen LogP contribution in [-0.4, -0.2) is 28.9 Å². The molecule has 0 radical (unpaired) electrons. The molecule has 2 fully saturated rings. The molecular formula is C12H17N3O2. The summed E-state index contributed by atoms with van der Waals surface area (Å²) in [7, 11) is 0. The van der Waals surface area contributed by atoms with Crippen molar-refractivity contribution in [3.05, 3.63) is 24.4 Å². The van der Waals surface area contributed by atoms with Gasteiger partial charge in [-0.05, 0) is 19.3 Å². The molecule has 92 valence electrons. The van der Waals surface area contributed by atoms with Crippen LogP contribution in [0.3, 0.4) is 0 Å². The minimum Gasteiger partial charge on any atom is -0.374 e. The lowest BCUT2D eigenvalue weighted by Gasteiger charge is -2.13. The van der Waals surface area contributed by atoms with Crippen molar-refractivity contribution in [2.45, 2.75) is 43.9 Å². The van der Waals surface area contributed by atoms with E-state index in [0.29, 0.717) is 30.6 Å². The number of nitrogens with zero attached hydrogens (tertiary/aromatic N) is 2. The van der Waals surface area contributed by atoms with E-state index in [9.17, 15) is 0 Å². The van der Waals surface area contributed by atoms with Crippen LogP contribution in [0, 0.1) is 0 Å². The fourth-order valence-electron chi connectivity index (χ4n) is 2.68. The average Bonchev–Trinajstić information content (AvgIpc) is 3.04. The molecule has 5 nitrogen and oxygen atoms in total. The van der Waals surface area contributed by atoms with E-state index in [1.54, 1.807) is 6.08 Å². The summed E-state index contributed by atoms with van der Waals surface area (Å²) < 4.78 is 11.0. The van der Waals surface area contributed by atoms with E-state index in [0.717, 1.165) is 25.2 Å². The van der Waals surface area contributed by atoms with Crippen molar-refractivity contribution in [1.29, 1.82) is 0 Å². The Kier molecular flexibility index (Phi) is 2.94. The Labute approximate surface area is 100 Å². The van der Waals surface area contributed by atoms with Crippen LogP contribution in [0.1, 0.15) is 36.9 Å². The predicted molar refractivity (Wildman–Crippen MR) is 61.5 cm³/mol. The first-order valence-corrected chi connectivity index (χ1v) is 6.16. The monoisotopic (exact) mass is 235 g/mol. The van der Waals surface area contributed by atoms with Crippen molar-refractivity contribution in [2.75, 3.05) is 6.54 Å². The molecule has 1 aromatic rings. The van der Waals surface area contributed by atoms with Crippen LogP contribution < -0.4 is 5.32 Å². The van der Waals surface area contributed by atoms with E-state index >= 15 is 0 Å². The van der Waals surface area contributed by atoms with Crippen molar-refractivity contribution in [3.63, 3.8) is 0 Å². The zero-order valence-electron chi connectivity index (χ0n) is 9.76. The maximum Gasteiger partial charge on any atom is 0.240 e. The largest absolute Gasteiger partial charge is 0.374 e. The number of fused-ring (bicyclic) bond motifs is 2. The SMILES string of the molecule is C=CCNCc1nc(C2CC3CCC2O3)no1. The van der Waals surface area contributed by atoms with E-state index in [-0.39, 0.29) is 0 Å². The predicted octanol–water partition coefficient (Wildman–Crippen LogP) is 1.38. The van der Waals surface area contributed by atoms with Crippen molar-refractivity contribution >= 4 is 0 Å². The minimum absolute atomic E-state index is 0.312. The molecule has 17 heavy (non-hydrogen) atoms. The molecule has 3 heterocycles. The highest BCUT2D eigenvalue weighted by molar-refractivity contribution is 5.06. The molecule has 0 aromatic carbocycles. The number of nitrogens with one attached hydrogen (secondary N) is 1. The maximum absolute atomic E-state index is 5.80. The Morgan fingerprint density at radius 2 is 2.41 bits per heavy atom. The van der Waals surface area contributed by atoms with Gasteiger partial charge in [0.25, 0.3) is 0 Å². The highest BCUT2D eigenvalue weighted by atomic mass is 16.5. The molecule has 3 rings (SSSR count). The second-order valence-electron chi connectivity index (χ2n) is 4.68. The third-order valence-electron chi connectivity index (χ3n) is 3.49. The lowest BCUT2D eigenvalue weighted by molar-refractivity contribution is 0.0996. The topological polar surface area (TPSA) is 60.2 Å². The van der Waals surface area contributed by atoms with Gasteiger partial charge in [-0.3, -0.25) is 0 Å². The summed E-state index contributed by atoms with van der Waals surface area (Å²) in [6.07, 6.45) is 5.91. The van der Waals surface area contributed by atoms with Crippen LogP contribution in [0.4, 0.5) is 0 Å². The Morgan fingerprint density at radius 3 is 3.12 bits per heavy atom. The van der Waals surface area contributed by atoms with Gasteiger partial charge in [0, 0.05) is 6.54 Å². The van der Waals surface area contributed by atoms with Gasteiger partial charge < -0.3 is 14.6 Å². The minimum atomic E-state index is 0.312. The molecule has 1 N–H and O–H groups in total. The molecule has 1 aromatic heterocycles. The highest BCUT2D eigenvalue weighted by Gasteiger charge is 2.43. The van der Waals surface area contributed by atoms with Crippen LogP contribution in [0.25, 0.3) is 0 Å². The van der Waals surface area contributed by atoms with Crippen molar-refractivity contribution < 1.29 is 9.26 Å². The molecule has 2 bridgehead atoms. The second-order valence-corrected chi connectivity index (χ2v) is 4.68. The van der Waals surface area contributed by atoms with Crippen LogP contribution in [0.2, 0.25) is 0 Å². The summed E-state index contributed by atoms with van der Waals surface area (Å²) in [6, 6.07) is 0. The van der Waals surface area contributed by atoms with Gasteiger partial charge in [-0.15, -0.1) is 6.58 Å². The van der Waals surface area contributed by atoms with Gasteiger partial charge >= 0.3 is 0 Å². The zero-order chi connectivity index (χ0) is 11.7. The zero-order valence-corrected chi connectivity index (χ0v) is 9.76. The first-order valence-electron chi connectivity index (χ1n) is 6.16. The first-order chi connectivity index (χ1) is 8.36. The molecule has 2 saturated heterocycles. The number of ether oxygens (including phenoxy) is 1. The van der Waals surface area contributed by atoms with Crippen LogP contribution in [0.5, 0.6) is 0 Å². The molecular weight excluding hydrogens is 218 g/mol. The normalized spacial score (nSPS) is 30.9. The Bertz CT molecular complexity index is 404. The Hall–Kier alpha value is -1.20. The smallest absolute Gasteiger partial charge is 0.240 e. The quantitative estimate of drug-likeness (QED) is 0.617. The summed E-state index contributed by atoms with van der Waals surface area (Å²) in [5.74, 6) is 1.79. The Morgan fingerprint density at radius 1 is 1.47 bits per heavy atom. The second kappa shape index (κ2) is 4.58. The molecule has 3 atom stereocenters. The molecule has 0 aliphatic carbocycles. The third-order valence-corrected chi connectivity index (χ3v) is 3.49.